The van der Waals surface area contributed by atoms with E-state index in [0.29, 0.717) is 10.9 Å². The quantitative estimate of drug-likeness (QED) is 0.892. The van der Waals surface area contributed by atoms with E-state index in [1.807, 2.05) is 6.92 Å². The van der Waals surface area contributed by atoms with Crippen LogP contribution in [0.2, 0.25) is 5.02 Å². The molecule has 1 amide bonds. The van der Waals surface area contributed by atoms with E-state index in [1.54, 1.807) is 0 Å². The first-order chi connectivity index (χ1) is 8.99. The van der Waals surface area contributed by atoms with Crippen LogP contribution in [-0.2, 0) is 4.79 Å². The molecule has 0 heterocycles. The summed E-state index contributed by atoms with van der Waals surface area (Å²) in [5, 5.41) is 12.2. The minimum atomic E-state index is -1.08. The summed E-state index contributed by atoms with van der Waals surface area (Å²) in [5.41, 5.74) is 0.326. The van der Waals surface area contributed by atoms with Crippen LogP contribution in [-0.4, -0.2) is 17.0 Å². The summed E-state index contributed by atoms with van der Waals surface area (Å²) in [6.07, 6.45) is 2.94. The predicted molar refractivity (Wildman–Crippen MR) is 73.5 cm³/mol. The van der Waals surface area contributed by atoms with Crippen LogP contribution in [0.1, 0.15) is 36.5 Å². The first kappa shape index (κ1) is 13.9. The van der Waals surface area contributed by atoms with Gasteiger partial charge in [-0.15, -0.1) is 0 Å². The Labute approximate surface area is 116 Å². The van der Waals surface area contributed by atoms with Crippen molar-refractivity contribution in [2.45, 2.75) is 26.2 Å². The van der Waals surface area contributed by atoms with E-state index in [1.165, 1.54) is 18.2 Å². The van der Waals surface area contributed by atoms with E-state index in [4.69, 9.17) is 16.7 Å². The van der Waals surface area contributed by atoms with Crippen molar-refractivity contribution in [3.8, 4) is 0 Å². The van der Waals surface area contributed by atoms with Crippen molar-refractivity contribution in [1.29, 1.82) is 0 Å². The molecule has 102 valence electrons. The van der Waals surface area contributed by atoms with Gasteiger partial charge in [0.2, 0.25) is 5.91 Å². The standard InChI is InChI=1S/C14H16ClNO3/c1-8-3-2-4-10(8)13(17)16-12-7-9(15)5-6-11(12)14(18)19/h5-8,10H,2-4H2,1H3,(H,16,17)(H,18,19). The monoisotopic (exact) mass is 281 g/mol. The largest absolute Gasteiger partial charge is 0.478 e. The van der Waals surface area contributed by atoms with Gasteiger partial charge in [-0.25, -0.2) is 4.79 Å². The normalized spacial score (nSPS) is 22.2. The highest BCUT2D eigenvalue weighted by Gasteiger charge is 2.30. The van der Waals surface area contributed by atoms with E-state index in [0.717, 1.165) is 19.3 Å². The lowest BCUT2D eigenvalue weighted by Crippen LogP contribution is -2.25. The van der Waals surface area contributed by atoms with Gasteiger partial charge in [0, 0.05) is 10.9 Å². The Morgan fingerprint density at radius 1 is 1.37 bits per heavy atom. The van der Waals surface area contributed by atoms with Crippen LogP contribution in [0.3, 0.4) is 0 Å². The molecule has 0 radical (unpaired) electrons. The van der Waals surface area contributed by atoms with Crippen molar-refractivity contribution in [1.82, 2.24) is 0 Å². The highest BCUT2D eigenvalue weighted by atomic mass is 35.5. The van der Waals surface area contributed by atoms with Gasteiger partial charge in [-0.3, -0.25) is 4.79 Å². The van der Waals surface area contributed by atoms with Gasteiger partial charge in [-0.2, -0.15) is 0 Å². The molecule has 1 aliphatic rings. The molecule has 0 aliphatic heterocycles. The fourth-order valence-corrected chi connectivity index (χ4v) is 2.74. The second-order valence-electron chi connectivity index (χ2n) is 5.00. The second kappa shape index (κ2) is 5.61. The number of anilines is 1. The molecule has 2 rings (SSSR count). The maximum Gasteiger partial charge on any atom is 0.337 e. The third-order valence-electron chi connectivity index (χ3n) is 3.67. The number of carboxylic acids is 1. The summed E-state index contributed by atoms with van der Waals surface area (Å²) in [6, 6.07) is 4.37. The molecule has 0 saturated heterocycles. The molecule has 1 aromatic rings. The first-order valence-electron chi connectivity index (χ1n) is 6.32. The van der Waals surface area contributed by atoms with Crippen molar-refractivity contribution < 1.29 is 14.7 Å². The lowest BCUT2D eigenvalue weighted by Gasteiger charge is -2.16. The minimum absolute atomic E-state index is 0.0411. The smallest absolute Gasteiger partial charge is 0.337 e. The highest BCUT2D eigenvalue weighted by Crippen LogP contribution is 2.32. The Hall–Kier alpha value is -1.55. The van der Waals surface area contributed by atoms with Crippen LogP contribution in [0.15, 0.2) is 18.2 Å². The van der Waals surface area contributed by atoms with E-state index < -0.39 is 5.97 Å². The molecule has 0 bridgehead atoms. The third kappa shape index (κ3) is 3.07. The van der Waals surface area contributed by atoms with Crippen molar-refractivity contribution in [2.75, 3.05) is 5.32 Å². The molecule has 2 unspecified atom stereocenters. The lowest BCUT2D eigenvalue weighted by atomic mass is 9.97. The van der Waals surface area contributed by atoms with Gasteiger partial charge in [0.15, 0.2) is 0 Å². The highest BCUT2D eigenvalue weighted by molar-refractivity contribution is 6.31. The van der Waals surface area contributed by atoms with Gasteiger partial charge in [-0.1, -0.05) is 24.9 Å². The van der Waals surface area contributed by atoms with Gasteiger partial charge >= 0.3 is 5.97 Å². The molecule has 5 heteroatoms. The molecular formula is C14H16ClNO3. The first-order valence-corrected chi connectivity index (χ1v) is 6.70. The molecule has 1 aromatic carbocycles. The Morgan fingerprint density at radius 2 is 2.11 bits per heavy atom. The predicted octanol–water partition coefficient (Wildman–Crippen LogP) is 3.41. The number of carbonyl (C=O) groups excluding carboxylic acids is 1. The van der Waals surface area contributed by atoms with E-state index in [9.17, 15) is 9.59 Å². The molecule has 1 fully saturated rings. The van der Waals surface area contributed by atoms with Gasteiger partial charge in [-0.05, 0) is 37.0 Å². The Kier molecular flexibility index (Phi) is 4.10. The number of nitrogens with one attached hydrogen (secondary N) is 1. The fourth-order valence-electron chi connectivity index (χ4n) is 2.57. The molecule has 1 saturated carbocycles. The Morgan fingerprint density at radius 3 is 2.68 bits per heavy atom. The molecule has 2 atom stereocenters. The lowest BCUT2D eigenvalue weighted by molar-refractivity contribution is -0.120. The number of amides is 1. The third-order valence-corrected chi connectivity index (χ3v) is 3.90. The maximum atomic E-state index is 12.2. The van der Waals surface area contributed by atoms with Crippen molar-refractivity contribution in [3.63, 3.8) is 0 Å². The number of carboxylic acid groups (broad SMARTS) is 1. The summed E-state index contributed by atoms with van der Waals surface area (Å²) >= 11 is 5.85. The average Bonchev–Trinajstić information content (AvgIpc) is 2.75. The molecule has 2 N–H and O–H groups in total. The zero-order valence-corrected chi connectivity index (χ0v) is 11.4. The minimum Gasteiger partial charge on any atom is -0.478 e. The van der Waals surface area contributed by atoms with Crippen molar-refractivity contribution in [2.24, 2.45) is 11.8 Å². The zero-order chi connectivity index (χ0) is 14.0. The molecule has 19 heavy (non-hydrogen) atoms. The number of benzene rings is 1. The SMILES string of the molecule is CC1CCCC1C(=O)Nc1cc(Cl)ccc1C(=O)O. The molecule has 0 aromatic heterocycles. The van der Waals surface area contributed by atoms with Crippen molar-refractivity contribution >= 4 is 29.2 Å². The second-order valence-corrected chi connectivity index (χ2v) is 5.44. The topological polar surface area (TPSA) is 66.4 Å². The van der Waals surface area contributed by atoms with Crippen LogP contribution in [0, 0.1) is 11.8 Å². The van der Waals surface area contributed by atoms with Crippen LogP contribution < -0.4 is 5.32 Å². The Bertz CT molecular complexity index is 515. The van der Waals surface area contributed by atoms with Gasteiger partial charge < -0.3 is 10.4 Å². The fraction of sp³-hybridized carbons (Fsp3) is 0.429. The number of halogens is 1. The summed E-state index contributed by atoms with van der Waals surface area (Å²) in [7, 11) is 0. The number of hydrogen-bond acceptors (Lipinski definition) is 2. The number of carbonyl (C=O) groups is 2. The number of aromatic carboxylic acids is 1. The van der Waals surface area contributed by atoms with Crippen LogP contribution in [0.4, 0.5) is 5.69 Å². The van der Waals surface area contributed by atoms with Gasteiger partial charge in [0.05, 0.1) is 11.3 Å². The molecule has 4 nitrogen and oxygen atoms in total. The van der Waals surface area contributed by atoms with Gasteiger partial charge in [0.1, 0.15) is 0 Å². The molecule has 0 spiro atoms. The molecule has 1 aliphatic carbocycles. The number of hydrogen-bond donors (Lipinski definition) is 2. The van der Waals surface area contributed by atoms with Crippen molar-refractivity contribution in [3.05, 3.63) is 28.8 Å². The van der Waals surface area contributed by atoms with Crippen LogP contribution in [0.25, 0.3) is 0 Å². The van der Waals surface area contributed by atoms with E-state index >= 15 is 0 Å². The van der Waals surface area contributed by atoms with E-state index in [-0.39, 0.29) is 23.1 Å². The summed E-state index contributed by atoms with van der Waals surface area (Å²) in [5.74, 6) is -0.894. The summed E-state index contributed by atoms with van der Waals surface area (Å²) < 4.78 is 0. The van der Waals surface area contributed by atoms with Crippen LogP contribution >= 0.6 is 11.6 Å². The van der Waals surface area contributed by atoms with Crippen LogP contribution in [0.5, 0.6) is 0 Å². The number of rotatable bonds is 3. The zero-order valence-electron chi connectivity index (χ0n) is 10.6. The summed E-state index contributed by atoms with van der Waals surface area (Å²) in [4.78, 5) is 23.3. The van der Waals surface area contributed by atoms with Gasteiger partial charge in [0.25, 0.3) is 0 Å². The summed E-state index contributed by atoms with van der Waals surface area (Å²) in [6.45, 7) is 2.05. The van der Waals surface area contributed by atoms with E-state index in [2.05, 4.69) is 5.32 Å². The molecular weight excluding hydrogens is 266 g/mol. The Balaban J connectivity index is 2.20. The maximum absolute atomic E-state index is 12.2. The average molecular weight is 282 g/mol.